The van der Waals surface area contributed by atoms with E-state index in [2.05, 4.69) is 4.98 Å². The molecule has 20 heavy (non-hydrogen) atoms. The van der Waals surface area contributed by atoms with Gasteiger partial charge in [0.05, 0.1) is 11.2 Å². The van der Waals surface area contributed by atoms with E-state index in [1.807, 2.05) is 27.7 Å². The first-order valence-corrected chi connectivity index (χ1v) is 6.62. The van der Waals surface area contributed by atoms with E-state index < -0.39 is 24.1 Å². The largest absolute Gasteiger partial charge is 0.495 e. The molecule has 1 aromatic heterocycles. The van der Waals surface area contributed by atoms with Gasteiger partial charge in [-0.1, -0.05) is 0 Å². The summed E-state index contributed by atoms with van der Waals surface area (Å²) in [4.78, 5) is 4.01. The molecular formula is C14H17BFNO3. The molecule has 6 heteroatoms. The minimum Gasteiger partial charge on any atom is -0.441 e. The number of fused-ring (bicyclic) bond motifs is 1. The van der Waals surface area contributed by atoms with Gasteiger partial charge >= 0.3 is 7.12 Å². The zero-order chi connectivity index (χ0) is 14.7. The van der Waals surface area contributed by atoms with Crippen molar-refractivity contribution in [1.82, 2.24) is 4.98 Å². The molecule has 0 unspecified atom stereocenters. The third kappa shape index (κ3) is 1.94. The average molecular weight is 277 g/mol. The first-order chi connectivity index (χ1) is 9.19. The molecule has 1 aliphatic heterocycles. The number of hydrogen-bond donors (Lipinski definition) is 0. The van der Waals surface area contributed by atoms with Crippen LogP contribution in [0.5, 0.6) is 0 Å². The predicted octanol–water partition coefficient (Wildman–Crippen LogP) is 2.57. The number of aryl methyl sites for hydroxylation is 1. The van der Waals surface area contributed by atoms with Crippen LogP contribution >= 0.6 is 0 Å². The zero-order valence-corrected chi connectivity index (χ0v) is 12.3. The fourth-order valence-corrected chi connectivity index (χ4v) is 2.23. The van der Waals surface area contributed by atoms with Crippen molar-refractivity contribution in [3.63, 3.8) is 0 Å². The Morgan fingerprint density at radius 2 is 1.70 bits per heavy atom. The molecular weight excluding hydrogens is 260 g/mol. The molecule has 1 aliphatic rings. The number of nitrogens with zero attached hydrogens (tertiary/aromatic N) is 1. The van der Waals surface area contributed by atoms with E-state index in [0.717, 1.165) is 0 Å². The number of rotatable bonds is 1. The lowest BCUT2D eigenvalue weighted by molar-refractivity contribution is 0.00578. The third-order valence-electron chi connectivity index (χ3n) is 4.10. The number of benzene rings is 1. The summed E-state index contributed by atoms with van der Waals surface area (Å²) in [6.45, 7) is 9.52. The number of oxazole rings is 1. The summed E-state index contributed by atoms with van der Waals surface area (Å²) in [7, 11) is -0.607. The molecule has 3 rings (SSSR count). The van der Waals surface area contributed by atoms with Crippen molar-refractivity contribution in [3.8, 4) is 0 Å². The molecule has 0 bridgehead atoms. The monoisotopic (exact) mass is 277 g/mol. The highest BCUT2D eigenvalue weighted by molar-refractivity contribution is 6.62. The van der Waals surface area contributed by atoms with Crippen LogP contribution in [-0.4, -0.2) is 23.3 Å². The van der Waals surface area contributed by atoms with Crippen LogP contribution in [0.3, 0.4) is 0 Å². The van der Waals surface area contributed by atoms with Gasteiger partial charge in [0.2, 0.25) is 0 Å². The second kappa shape index (κ2) is 4.05. The summed E-state index contributed by atoms with van der Waals surface area (Å²) < 4.78 is 31.3. The van der Waals surface area contributed by atoms with Gasteiger partial charge < -0.3 is 13.7 Å². The Morgan fingerprint density at radius 3 is 2.30 bits per heavy atom. The molecule has 106 valence electrons. The SMILES string of the molecule is Cc1nc2c(F)cc(B3OC(C)(C)C(C)(C)O3)cc2o1. The summed E-state index contributed by atoms with van der Waals surface area (Å²) in [6, 6.07) is 3.12. The molecule has 0 radical (unpaired) electrons. The Hall–Kier alpha value is -1.40. The van der Waals surface area contributed by atoms with E-state index in [-0.39, 0.29) is 5.52 Å². The smallest absolute Gasteiger partial charge is 0.441 e. The van der Waals surface area contributed by atoms with E-state index in [1.165, 1.54) is 6.07 Å². The van der Waals surface area contributed by atoms with Gasteiger partial charge in [-0.2, -0.15) is 0 Å². The number of hydrogen-bond acceptors (Lipinski definition) is 4. The zero-order valence-electron chi connectivity index (χ0n) is 12.3. The summed E-state index contributed by atoms with van der Waals surface area (Å²) >= 11 is 0. The van der Waals surface area contributed by atoms with Crippen LogP contribution in [0.4, 0.5) is 4.39 Å². The fourth-order valence-electron chi connectivity index (χ4n) is 2.23. The summed E-state index contributed by atoms with van der Waals surface area (Å²) in [6.07, 6.45) is 0. The molecule has 0 N–H and O–H groups in total. The quantitative estimate of drug-likeness (QED) is 0.751. The lowest BCUT2D eigenvalue weighted by Crippen LogP contribution is -2.41. The topological polar surface area (TPSA) is 44.5 Å². The van der Waals surface area contributed by atoms with Crippen LogP contribution in [0.1, 0.15) is 33.6 Å². The summed E-state index contributed by atoms with van der Waals surface area (Å²) in [5.74, 6) is 0.00836. The van der Waals surface area contributed by atoms with Gasteiger partial charge in [0.1, 0.15) is 5.52 Å². The lowest BCUT2D eigenvalue weighted by Gasteiger charge is -2.32. The van der Waals surface area contributed by atoms with E-state index >= 15 is 0 Å². The second-order valence-electron chi connectivity index (χ2n) is 6.17. The molecule has 0 aliphatic carbocycles. The van der Waals surface area contributed by atoms with Gasteiger partial charge in [0.15, 0.2) is 17.3 Å². The number of aromatic nitrogens is 1. The highest BCUT2D eigenvalue weighted by Crippen LogP contribution is 2.36. The Labute approximate surface area is 117 Å². The maximum atomic E-state index is 14.1. The first-order valence-electron chi connectivity index (χ1n) is 6.62. The van der Waals surface area contributed by atoms with Crippen LogP contribution in [0.2, 0.25) is 0 Å². The van der Waals surface area contributed by atoms with E-state index in [4.69, 9.17) is 13.7 Å². The highest BCUT2D eigenvalue weighted by atomic mass is 19.1. The van der Waals surface area contributed by atoms with Crippen molar-refractivity contribution >= 4 is 23.7 Å². The lowest BCUT2D eigenvalue weighted by atomic mass is 9.79. The Balaban J connectivity index is 2.04. The Bertz CT molecular complexity index is 664. The molecule has 0 atom stereocenters. The van der Waals surface area contributed by atoms with Crippen molar-refractivity contribution in [3.05, 3.63) is 23.8 Å². The van der Waals surface area contributed by atoms with Crippen LogP contribution < -0.4 is 5.46 Å². The Morgan fingerprint density at radius 1 is 1.10 bits per heavy atom. The predicted molar refractivity (Wildman–Crippen MR) is 74.4 cm³/mol. The molecule has 0 saturated carbocycles. The van der Waals surface area contributed by atoms with Crippen molar-refractivity contribution in [2.75, 3.05) is 0 Å². The molecule has 1 saturated heterocycles. The first kappa shape index (κ1) is 13.6. The molecule has 0 spiro atoms. The van der Waals surface area contributed by atoms with E-state index in [1.54, 1.807) is 13.0 Å². The van der Waals surface area contributed by atoms with Crippen LogP contribution in [0, 0.1) is 12.7 Å². The van der Waals surface area contributed by atoms with Gasteiger partial charge in [-0.05, 0) is 45.3 Å². The van der Waals surface area contributed by atoms with Crippen molar-refractivity contribution < 1.29 is 18.1 Å². The highest BCUT2D eigenvalue weighted by Gasteiger charge is 2.51. The molecule has 2 heterocycles. The molecule has 1 aromatic carbocycles. The Kier molecular flexibility index (Phi) is 2.75. The van der Waals surface area contributed by atoms with E-state index in [0.29, 0.717) is 16.9 Å². The molecule has 4 nitrogen and oxygen atoms in total. The van der Waals surface area contributed by atoms with Crippen LogP contribution in [0.25, 0.3) is 11.1 Å². The second-order valence-corrected chi connectivity index (χ2v) is 6.17. The molecule has 1 fully saturated rings. The van der Waals surface area contributed by atoms with Gasteiger partial charge in [0, 0.05) is 6.92 Å². The molecule has 2 aromatic rings. The maximum Gasteiger partial charge on any atom is 0.495 e. The average Bonchev–Trinajstić information content (AvgIpc) is 2.77. The summed E-state index contributed by atoms with van der Waals surface area (Å²) in [5, 5.41) is 0. The maximum absolute atomic E-state index is 14.1. The standard InChI is InChI=1S/C14H17BFNO3/c1-8-17-12-10(16)6-9(7-11(12)18-8)15-19-13(2,3)14(4,5)20-15/h6-7H,1-5H3. The minimum absolute atomic E-state index is 0.239. The van der Waals surface area contributed by atoms with Gasteiger partial charge in [0.25, 0.3) is 0 Å². The van der Waals surface area contributed by atoms with Crippen molar-refractivity contribution in [2.24, 2.45) is 0 Å². The van der Waals surface area contributed by atoms with Gasteiger partial charge in [-0.3, -0.25) is 0 Å². The minimum atomic E-state index is -0.607. The van der Waals surface area contributed by atoms with E-state index in [9.17, 15) is 4.39 Å². The number of halogens is 1. The normalized spacial score (nSPS) is 20.8. The third-order valence-corrected chi connectivity index (χ3v) is 4.10. The van der Waals surface area contributed by atoms with Gasteiger partial charge in [-0.25, -0.2) is 9.37 Å². The molecule has 0 amide bonds. The van der Waals surface area contributed by atoms with Crippen molar-refractivity contribution in [1.29, 1.82) is 0 Å². The van der Waals surface area contributed by atoms with Crippen LogP contribution in [0.15, 0.2) is 16.5 Å². The fraction of sp³-hybridized carbons (Fsp3) is 0.500. The van der Waals surface area contributed by atoms with Crippen molar-refractivity contribution in [2.45, 2.75) is 45.8 Å². The van der Waals surface area contributed by atoms with Crippen LogP contribution in [-0.2, 0) is 9.31 Å². The van der Waals surface area contributed by atoms with Gasteiger partial charge in [-0.15, -0.1) is 0 Å². The summed E-state index contributed by atoms with van der Waals surface area (Å²) in [5.41, 5.74) is 0.334.